The van der Waals surface area contributed by atoms with Crippen LogP contribution in [0.1, 0.15) is 57.4 Å². The van der Waals surface area contributed by atoms with Gasteiger partial charge in [0, 0.05) is 24.1 Å². The maximum absolute atomic E-state index is 13.0. The number of carbonyl (C=O) groups excluding carboxylic acids is 2. The van der Waals surface area contributed by atoms with Crippen LogP contribution in [-0.4, -0.2) is 48.1 Å². The van der Waals surface area contributed by atoms with Crippen LogP contribution in [0.4, 0.5) is 0 Å². The molecule has 1 saturated carbocycles. The summed E-state index contributed by atoms with van der Waals surface area (Å²) >= 11 is 0. The van der Waals surface area contributed by atoms with Crippen molar-refractivity contribution in [3.63, 3.8) is 0 Å². The number of nitrogens with zero attached hydrogens (tertiary/aromatic N) is 1. The van der Waals surface area contributed by atoms with Gasteiger partial charge in [0.25, 0.3) is 5.91 Å². The fourth-order valence-corrected chi connectivity index (χ4v) is 4.38. The predicted molar refractivity (Wildman–Crippen MR) is 125 cm³/mol. The van der Waals surface area contributed by atoms with Crippen LogP contribution in [0.25, 0.3) is 10.9 Å². The molecule has 1 fully saturated rings. The zero-order valence-electron chi connectivity index (χ0n) is 19.5. The maximum Gasteiger partial charge on any atom is 0.251 e. The van der Waals surface area contributed by atoms with E-state index in [0.29, 0.717) is 18.1 Å². The molecule has 3 rings (SSSR count). The largest absolute Gasteiger partial charge is 0.356 e. The molecule has 0 bridgehead atoms. The topological polar surface area (TPSA) is 110 Å². The van der Waals surface area contributed by atoms with E-state index in [2.05, 4.69) is 17.2 Å². The van der Waals surface area contributed by atoms with E-state index in [1.165, 1.54) is 0 Å². The molecule has 180 valence electrons. The van der Waals surface area contributed by atoms with Crippen LogP contribution in [0.3, 0.4) is 0 Å². The number of aromatic nitrogens is 1. The fraction of sp³-hybridized carbons (Fsp3) is 0.560. The quantitative estimate of drug-likeness (QED) is 0.206. The number of carbonyl (C=O) groups is 2. The van der Waals surface area contributed by atoms with E-state index in [4.69, 9.17) is 9.47 Å². The van der Waals surface area contributed by atoms with Gasteiger partial charge in [0.1, 0.15) is 6.79 Å². The summed E-state index contributed by atoms with van der Waals surface area (Å²) in [5.74, 6) is -0.644. The van der Waals surface area contributed by atoms with Crippen molar-refractivity contribution in [3.8, 4) is 0 Å². The SMILES string of the molecule is CCOCOC[C@H](C[C@H](C(=O)NO)c1cnc2ccccc2c1)NC(=O)[C@H]1CC[C@H](C)CC1. The number of para-hydroxylation sites is 1. The monoisotopic (exact) mass is 457 g/mol. The number of pyridine rings is 1. The molecule has 3 N–H and O–H groups in total. The van der Waals surface area contributed by atoms with Gasteiger partial charge in [-0.25, -0.2) is 5.48 Å². The minimum atomic E-state index is -0.709. The van der Waals surface area contributed by atoms with Gasteiger partial charge in [-0.1, -0.05) is 25.1 Å². The van der Waals surface area contributed by atoms with Crippen LogP contribution < -0.4 is 10.8 Å². The Labute approximate surface area is 195 Å². The Morgan fingerprint density at radius 1 is 1.18 bits per heavy atom. The molecule has 1 aliphatic carbocycles. The van der Waals surface area contributed by atoms with Crippen molar-refractivity contribution in [3.05, 3.63) is 42.1 Å². The second kappa shape index (κ2) is 12.6. The molecular formula is C25H35N3O5. The van der Waals surface area contributed by atoms with Crippen molar-refractivity contribution < 1.29 is 24.3 Å². The average Bonchev–Trinajstić information content (AvgIpc) is 2.84. The van der Waals surface area contributed by atoms with Crippen molar-refractivity contribution in [1.82, 2.24) is 15.8 Å². The van der Waals surface area contributed by atoms with E-state index in [0.717, 1.165) is 36.6 Å². The van der Waals surface area contributed by atoms with Gasteiger partial charge in [-0.2, -0.15) is 0 Å². The lowest BCUT2D eigenvalue weighted by Gasteiger charge is -2.29. The Morgan fingerprint density at radius 3 is 2.67 bits per heavy atom. The molecular weight excluding hydrogens is 422 g/mol. The van der Waals surface area contributed by atoms with Gasteiger partial charge in [0.15, 0.2) is 0 Å². The summed E-state index contributed by atoms with van der Waals surface area (Å²) in [5, 5.41) is 13.4. The van der Waals surface area contributed by atoms with E-state index in [9.17, 15) is 14.8 Å². The van der Waals surface area contributed by atoms with Crippen molar-refractivity contribution in [1.29, 1.82) is 0 Å². The number of hydrogen-bond donors (Lipinski definition) is 3. The van der Waals surface area contributed by atoms with Crippen molar-refractivity contribution >= 4 is 22.7 Å². The molecule has 0 spiro atoms. The second-order valence-corrected chi connectivity index (χ2v) is 8.87. The minimum Gasteiger partial charge on any atom is -0.356 e. The summed E-state index contributed by atoms with van der Waals surface area (Å²) in [5.41, 5.74) is 3.25. The van der Waals surface area contributed by atoms with Gasteiger partial charge in [0.05, 0.1) is 24.1 Å². The maximum atomic E-state index is 13.0. The molecule has 0 aliphatic heterocycles. The van der Waals surface area contributed by atoms with Crippen LogP contribution in [-0.2, 0) is 19.1 Å². The van der Waals surface area contributed by atoms with Gasteiger partial charge < -0.3 is 14.8 Å². The number of ether oxygens (including phenoxy) is 2. The first-order valence-electron chi connectivity index (χ1n) is 11.8. The molecule has 1 aliphatic rings. The summed E-state index contributed by atoms with van der Waals surface area (Å²) in [6, 6.07) is 9.10. The molecule has 1 aromatic carbocycles. The molecule has 8 heteroatoms. The first kappa shape index (κ1) is 25.1. The second-order valence-electron chi connectivity index (χ2n) is 8.87. The number of amides is 2. The molecule has 1 heterocycles. The third kappa shape index (κ3) is 7.22. The van der Waals surface area contributed by atoms with Gasteiger partial charge in [0.2, 0.25) is 5.91 Å². The minimum absolute atomic E-state index is 0.00768. The highest BCUT2D eigenvalue weighted by atomic mass is 16.7. The van der Waals surface area contributed by atoms with E-state index in [1.807, 2.05) is 37.3 Å². The van der Waals surface area contributed by atoms with Gasteiger partial charge in [-0.15, -0.1) is 0 Å². The van der Waals surface area contributed by atoms with E-state index in [1.54, 1.807) is 11.7 Å². The summed E-state index contributed by atoms with van der Waals surface area (Å²) in [7, 11) is 0. The highest BCUT2D eigenvalue weighted by Crippen LogP contribution is 2.29. The Bertz CT molecular complexity index is 914. The molecule has 2 aromatic rings. The Hall–Kier alpha value is -2.55. The van der Waals surface area contributed by atoms with Gasteiger partial charge in [-0.3, -0.25) is 19.8 Å². The van der Waals surface area contributed by atoms with E-state index >= 15 is 0 Å². The Morgan fingerprint density at radius 2 is 1.94 bits per heavy atom. The highest BCUT2D eigenvalue weighted by Gasteiger charge is 2.30. The first-order chi connectivity index (χ1) is 16.0. The lowest BCUT2D eigenvalue weighted by molar-refractivity contribution is -0.132. The van der Waals surface area contributed by atoms with E-state index < -0.39 is 17.9 Å². The van der Waals surface area contributed by atoms with Crippen LogP contribution in [0, 0.1) is 11.8 Å². The summed E-state index contributed by atoms with van der Waals surface area (Å²) in [6.45, 7) is 4.92. The third-order valence-corrected chi connectivity index (χ3v) is 6.38. The molecule has 1 aromatic heterocycles. The molecule has 0 radical (unpaired) electrons. The normalized spacial score (nSPS) is 20.2. The van der Waals surface area contributed by atoms with Gasteiger partial charge >= 0.3 is 0 Å². The lowest BCUT2D eigenvalue weighted by Crippen LogP contribution is -2.44. The molecule has 0 saturated heterocycles. The van der Waals surface area contributed by atoms with Crippen molar-refractivity contribution in [2.45, 2.75) is 57.9 Å². The van der Waals surface area contributed by atoms with Crippen molar-refractivity contribution in [2.75, 3.05) is 20.0 Å². The van der Waals surface area contributed by atoms with Crippen LogP contribution >= 0.6 is 0 Å². The lowest BCUT2D eigenvalue weighted by atomic mass is 9.82. The van der Waals surface area contributed by atoms with Crippen LogP contribution in [0.2, 0.25) is 0 Å². The zero-order chi connectivity index (χ0) is 23.6. The Balaban J connectivity index is 1.76. The average molecular weight is 458 g/mol. The Kier molecular flexibility index (Phi) is 9.60. The van der Waals surface area contributed by atoms with Gasteiger partial charge in [-0.05, 0) is 62.6 Å². The standard InChI is InChI=1S/C25H35N3O5/c1-3-32-16-33-15-21(27-24(29)18-10-8-17(2)9-11-18)13-22(25(30)28-31)20-12-19-6-4-5-7-23(19)26-14-20/h4-7,12,14,17-18,21-22,31H,3,8-11,13,15-16H2,1-2H3,(H,27,29)(H,28,30)/t17-,18-,21-,22-/m0/s1. The third-order valence-electron chi connectivity index (χ3n) is 6.38. The summed E-state index contributed by atoms with van der Waals surface area (Å²) in [4.78, 5) is 30.0. The molecule has 2 atom stereocenters. The summed E-state index contributed by atoms with van der Waals surface area (Å²) in [6.07, 6.45) is 5.73. The number of benzene rings is 1. The fourth-order valence-electron chi connectivity index (χ4n) is 4.38. The van der Waals surface area contributed by atoms with Crippen LogP contribution in [0.5, 0.6) is 0 Å². The smallest absolute Gasteiger partial charge is 0.251 e. The zero-order valence-corrected chi connectivity index (χ0v) is 19.5. The van der Waals surface area contributed by atoms with Crippen molar-refractivity contribution in [2.24, 2.45) is 11.8 Å². The summed E-state index contributed by atoms with van der Waals surface area (Å²) < 4.78 is 10.9. The number of nitrogens with one attached hydrogen (secondary N) is 2. The molecule has 0 unspecified atom stereocenters. The molecule has 2 amide bonds. The number of hydroxylamine groups is 1. The molecule has 8 nitrogen and oxygen atoms in total. The number of hydrogen-bond acceptors (Lipinski definition) is 6. The van der Waals surface area contributed by atoms with E-state index in [-0.39, 0.29) is 31.6 Å². The first-order valence-corrected chi connectivity index (χ1v) is 11.8. The van der Waals surface area contributed by atoms with Crippen LogP contribution in [0.15, 0.2) is 36.5 Å². The number of fused-ring (bicyclic) bond motifs is 1. The highest BCUT2D eigenvalue weighted by molar-refractivity contribution is 5.85. The predicted octanol–water partition coefficient (Wildman–Crippen LogP) is 3.54. The number of rotatable bonds is 11. The molecule has 33 heavy (non-hydrogen) atoms.